The molecule has 0 heterocycles. The van der Waals surface area contributed by atoms with Gasteiger partial charge in [-0.3, -0.25) is 0 Å². The van der Waals surface area contributed by atoms with Gasteiger partial charge in [0.05, 0.1) is 12.2 Å². The van der Waals surface area contributed by atoms with Crippen LogP contribution < -0.4 is 4.74 Å². The van der Waals surface area contributed by atoms with Crippen molar-refractivity contribution in [2.24, 2.45) is 5.92 Å². The van der Waals surface area contributed by atoms with E-state index in [9.17, 15) is 13.2 Å². The fraction of sp³-hybridized carbons (Fsp3) is 0.455. The van der Waals surface area contributed by atoms with Crippen LogP contribution in [0.1, 0.15) is 50.2 Å². The molecule has 26 heavy (non-hydrogen) atoms. The smallest absolute Gasteiger partial charge is 0.416 e. The summed E-state index contributed by atoms with van der Waals surface area (Å²) in [6, 6.07) is 11.6. The van der Waals surface area contributed by atoms with Gasteiger partial charge in [-0.25, -0.2) is 0 Å². The molecular weight excluding hydrogens is 337 g/mol. The molecule has 0 N–H and O–H groups in total. The molecule has 2 aromatic carbocycles. The first-order valence-corrected chi connectivity index (χ1v) is 9.30. The minimum absolute atomic E-state index is 0.205. The third kappa shape index (κ3) is 3.46. The van der Waals surface area contributed by atoms with Crippen molar-refractivity contribution in [2.45, 2.75) is 50.6 Å². The second-order valence-electron chi connectivity index (χ2n) is 7.95. The zero-order valence-corrected chi connectivity index (χ0v) is 14.9. The summed E-state index contributed by atoms with van der Waals surface area (Å²) in [7, 11) is 0. The maximum absolute atomic E-state index is 12.8. The predicted octanol–water partition coefficient (Wildman–Crippen LogP) is 6.60. The molecule has 2 aromatic rings. The van der Waals surface area contributed by atoms with Gasteiger partial charge in [0.15, 0.2) is 0 Å². The molecule has 0 spiro atoms. The number of ether oxygens (including phenoxy) is 1. The van der Waals surface area contributed by atoms with Crippen LogP contribution >= 0.6 is 0 Å². The quantitative estimate of drug-likeness (QED) is 0.583. The molecule has 0 bridgehead atoms. The van der Waals surface area contributed by atoms with E-state index in [0.29, 0.717) is 12.5 Å². The van der Waals surface area contributed by atoms with E-state index < -0.39 is 11.7 Å². The normalized spacial score (nSPS) is 19.1. The van der Waals surface area contributed by atoms with Crippen molar-refractivity contribution < 1.29 is 17.9 Å². The van der Waals surface area contributed by atoms with Crippen molar-refractivity contribution in [3.8, 4) is 16.9 Å². The van der Waals surface area contributed by atoms with E-state index in [1.807, 2.05) is 6.07 Å². The first-order valence-electron chi connectivity index (χ1n) is 9.30. The summed E-state index contributed by atoms with van der Waals surface area (Å²) >= 11 is 0. The molecule has 2 saturated carbocycles. The van der Waals surface area contributed by atoms with Crippen molar-refractivity contribution in [3.05, 3.63) is 53.6 Å². The molecule has 2 aliphatic rings. The molecule has 0 unspecified atom stereocenters. The summed E-state index contributed by atoms with van der Waals surface area (Å²) in [6.45, 7) is 2.96. The topological polar surface area (TPSA) is 9.23 Å². The summed E-state index contributed by atoms with van der Waals surface area (Å²) in [5.41, 5.74) is 2.47. The highest BCUT2D eigenvalue weighted by molar-refractivity contribution is 5.71. The van der Waals surface area contributed by atoms with Gasteiger partial charge in [0.1, 0.15) is 5.75 Å². The largest absolute Gasteiger partial charge is 0.493 e. The molecule has 4 heteroatoms. The molecule has 0 aliphatic heterocycles. The first kappa shape index (κ1) is 17.4. The lowest BCUT2D eigenvalue weighted by Gasteiger charge is -2.39. The van der Waals surface area contributed by atoms with Gasteiger partial charge < -0.3 is 4.74 Å². The van der Waals surface area contributed by atoms with Crippen LogP contribution in [0, 0.1) is 5.92 Å². The fourth-order valence-corrected chi connectivity index (χ4v) is 3.58. The Morgan fingerprint density at radius 1 is 1.04 bits per heavy atom. The van der Waals surface area contributed by atoms with Crippen molar-refractivity contribution in [3.63, 3.8) is 0 Å². The van der Waals surface area contributed by atoms with E-state index in [4.69, 9.17) is 4.74 Å². The van der Waals surface area contributed by atoms with Crippen LogP contribution in [-0.4, -0.2) is 6.61 Å². The van der Waals surface area contributed by atoms with E-state index in [1.165, 1.54) is 49.8 Å². The molecule has 0 radical (unpaired) electrons. The molecule has 0 aromatic heterocycles. The first-order chi connectivity index (χ1) is 12.4. The Hall–Kier alpha value is -1.97. The van der Waals surface area contributed by atoms with Crippen LogP contribution in [-0.2, 0) is 11.6 Å². The third-order valence-electron chi connectivity index (χ3n) is 5.83. The van der Waals surface area contributed by atoms with Crippen molar-refractivity contribution in [1.29, 1.82) is 0 Å². The predicted molar refractivity (Wildman–Crippen MR) is 96.3 cm³/mol. The van der Waals surface area contributed by atoms with Crippen LogP contribution in [0.4, 0.5) is 13.2 Å². The van der Waals surface area contributed by atoms with Crippen molar-refractivity contribution in [1.82, 2.24) is 0 Å². The molecule has 1 nitrogen and oxygen atoms in total. The second kappa shape index (κ2) is 6.33. The van der Waals surface area contributed by atoms with Gasteiger partial charge in [0, 0.05) is 5.56 Å². The average Bonchev–Trinajstić information content (AvgIpc) is 3.41. The lowest BCUT2D eigenvalue weighted by molar-refractivity contribution is -0.137. The summed E-state index contributed by atoms with van der Waals surface area (Å²) < 4.78 is 44.6. The van der Waals surface area contributed by atoms with Crippen molar-refractivity contribution in [2.75, 3.05) is 6.61 Å². The monoisotopic (exact) mass is 360 g/mol. The van der Waals surface area contributed by atoms with Gasteiger partial charge in [-0.05, 0) is 66.3 Å². The van der Waals surface area contributed by atoms with Gasteiger partial charge in [-0.15, -0.1) is 0 Å². The number of hydrogen-bond donors (Lipinski definition) is 0. The Bertz CT molecular complexity index is 784. The maximum atomic E-state index is 12.8. The van der Waals surface area contributed by atoms with E-state index >= 15 is 0 Å². The number of rotatable bonds is 5. The molecule has 2 aliphatic carbocycles. The summed E-state index contributed by atoms with van der Waals surface area (Å²) in [5, 5.41) is 0. The Labute approximate surface area is 152 Å². The fourth-order valence-electron chi connectivity index (χ4n) is 3.58. The maximum Gasteiger partial charge on any atom is 0.416 e. The highest BCUT2D eigenvalue weighted by atomic mass is 19.4. The number of halogens is 3. The van der Waals surface area contributed by atoms with Gasteiger partial charge in [0.25, 0.3) is 0 Å². The SMILES string of the molecule is CC1(c2ccc(-c3ccc(C(F)(F)F)cc3)c(OCC3CC3)c2)CCC1. The number of hydrogen-bond acceptors (Lipinski definition) is 1. The Morgan fingerprint density at radius 3 is 2.27 bits per heavy atom. The molecule has 4 rings (SSSR count). The van der Waals surface area contributed by atoms with E-state index in [1.54, 1.807) is 0 Å². The van der Waals surface area contributed by atoms with Gasteiger partial charge in [0.2, 0.25) is 0 Å². The number of alkyl halides is 3. The van der Waals surface area contributed by atoms with Crippen LogP contribution in [0.5, 0.6) is 5.75 Å². The summed E-state index contributed by atoms with van der Waals surface area (Å²) in [6.07, 6.45) is 1.69. The average molecular weight is 360 g/mol. The zero-order valence-electron chi connectivity index (χ0n) is 14.9. The minimum Gasteiger partial charge on any atom is -0.493 e. The van der Waals surface area contributed by atoms with E-state index in [0.717, 1.165) is 29.0 Å². The van der Waals surface area contributed by atoms with E-state index in [2.05, 4.69) is 19.1 Å². The van der Waals surface area contributed by atoms with Crippen LogP contribution in [0.3, 0.4) is 0 Å². The van der Waals surface area contributed by atoms with Crippen LogP contribution in [0.25, 0.3) is 11.1 Å². The third-order valence-corrected chi connectivity index (χ3v) is 5.83. The molecule has 138 valence electrons. The summed E-state index contributed by atoms with van der Waals surface area (Å²) in [4.78, 5) is 0. The number of benzene rings is 2. The van der Waals surface area contributed by atoms with Gasteiger partial charge >= 0.3 is 6.18 Å². The van der Waals surface area contributed by atoms with Gasteiger partial charge in [-0.2, -0.15) is 13.2 Å². The van der Waals surface area contributed by atoms with E-state index in [-0.39, 0.29) is 5.41 Å². The lowest BCUT2D eigenvalue weighted by Crippen LogP contribution is -2.30. The molecule has 0 atom stereocenters. The lowest BCUT2D eigenvalue weighted by atomic mass is 9.66. The Balaban J connectivity index is 1.67. The molecule has 0 amide bonds. The zero-order chi connectivity index (χ0) is 18.4. The van der Waals surface area contributed by atoms with Crippen molar-refractivity contribution >= 4 is 0 Å². The molecule has 2 fully saturated rings. The second-order valence-corrected chi connectivity index (χ2v) is 7.95. The summed E-state index contributed by atoms with van der Waals surface area (Å²) in [5.74, 6) is 1.42. The standard InChI is InChI=1S/C22H23F3O/c1-21(11-2-12-21)18-9-10-19(20(13-18)26-14-15-3-4-15)16-5-7-17(8-6-16)22(23,24)25/h5-10,13,15H,2-4,11-12,14H2,1H3. The molecular formula is C22H23F3O. The minimum atomic E-state index is -4.31. The Morgan fingerprint density at radius 2 is 1.73 bits per heavy atom. The molecule has 0 saturated heterocycles. The van der Waals surface area contributed by atoms with Crippen LogP contribution in [0.2, 0.25) is 0 Å². The van der Waals surface area contributed by atoms with Gasteiger partial charge in [-0.1, -0.05) is 37.6 Å². The highest BCUT2D eigenvalue weighted by Crippen LogP contribution is 2.46. The van der Waals surface area contributed by atoms with Crippen LogP contribution in [0.15, 0.2) is 42.5 Å². The Kier molecular flexibility index (Phi) is 4.25. The highest BCUT2D eigenvalue weighted by Gasteiger charge is 2.34.